The lowest BCUT2D eigenvalue weighted by atomic mass is 10.1. The van der Waals surface area contributed by atoms with Gasteiger partial charge in [-0.05, 0) is 24.5 Å². The van der Waals surface area contributed by atoms with Crippen LogP contribution in [0.2, 0.25) is 0 Å². The van der Waals surface area contributed by atoms with E-state index >= 15 is 0 Å². The highest BCUT2D eigenvalue weighted by molar-refractivity contribution is 6.02. The number of hydrogen-bond acceptors (Lipinski definition) is 4. The molecule has 5 heteroatoms. The third-order valence-electron chi connectivity index (χ3n) is 3.35. The number of methoxy groups -OCH3 is 1. The molecule has 0 radical (unpaired) electrons. The van der Waals surface area contributed by atoms with Crippen LogP contribution in [0.1, 0.15) is 18.9 Å². The smallest absolute Gasteiger partial charge is 0.172 e. The number of rotatable bonds is 3. The summed E-state index contributed by atoms with van der Waals surface area (Å²) in [5, 5.41) is 11.9. The van der Waals surface area contributed by atoms with E-state index in [1.165, 1.54) is 0 Å². The van der Waals surface area contributed by atoms with Gasteiger partial charge in [0.15, 0.2) is 5.84 Å². The number of benzene rings is 1. The van der Waals surface area contributed by atoms with Gasteiger partial charge < -0.3 is 20.6 Å². The van der Waals surface area contributed by atoms with Crippen LogP contribution in [0.25, 0.3) is 0 Å². The lowest BCUT2D eigenvalue weighted by molar-refractivity contribution is 0.318. The first-order valence-corrected chi connectivity index (χ1v) is 6.06. The average Bonchev–Trinajstić information content (AvgIpc) is 2.83. The molecule has 18 heavy (non-hydrogen) atoms. The number of anilines is 1. The van der Waals surface area contributed by atoms with Crippen LogP contribution in [0.3, 0.4) is 0 Å². The number of nitrogens with zero attached hydrogens (tertiary/aromatic N) is 2. The highest BCUT2D eigenvalue weighted by Crippen LogP contribution is 2.30. The molecule has 98 valence electrons. The minimum absolute atomic E-state index is 0.132. The molecule has 1 aromatic carbocycles. The van der Waals surface area contributed by atoms with Crippen LogP contribution in [0.4, 0.5) is 5.69 Å². The summed E-state index contributed by atoms with van der Waals surface area (Å²) in [6.45, 7) is 4.20. The van der Waals surface area contributed by atoms with E-state index in [2.05, 4.69) is 17.0 Å². The Morgan fingerprint density at radius 1 is 1.56 bits per heavy atom. The molecule has 0 aromatic heterocycles. The van der Waals surface area contributed by atoms with Crippen molar-refractivity contribution in [2.75, 3.05) is 25.1 Å². The molecule has 1 aromatic rings. The minimum atomic E-state index is 0.132. The van der Waals surface area contributed by atoms with Gasteiger partial charge in [0.1, 0.15) is 5.75 Å². The maximum atomic E-state index is 8.85. The Morgan fingerprint density at radius 3 is 2.89 bits per heavy atom. The molecule has 0 saturated carbocycles. The first-order chi connectivity index (χ1) is 8.65. The molecule has 3 N–H and O–H groups in total. The van der Waals surface area contributed by atoms with Gasteiger partial charge in [-0.15, -0.1) is 0 Å². The summed E-state index contributed by atoms with van der Waals surface area (Å²) >= 11 is 0. The van der Waals surface area contributed by atoms with Crippen molar-refractivity contribution in [3.05, 3.63) is 23.8 Å². The predicted octanol–water partition coefficient (Wildman–Crippen LogP) is 1.64. The normalized spacial score (nSPS) is 20.2. The molecule has 1 aliphatic rings. The fourth-order valence-corrected chi connectivity index (χ4v) is 2.32. The summed E-state index contributed by atoms with van der Waals surface area (Å²) in [6.07, 6.45) is 1.16. The molecule has 0 spiro atoms. The van der Waals surface area contributed by atoms with E-state index in [1.807, 2.05) is 18.2 Å². The first kappa shape index (κ1) is 12.5. The highest BCUT2D eigenvalue weighted by atomic mass is 16.5. The first-order valence-electron chi connectivity index (χ1n) is 6.06. The number of oxime groups is 1. The second-order valence-corrected chi connectivity index (χ2v) is 4.71. The Kier molecular flexibility index (Phi) is 3.60. The molecular formula is C13H19N3O2. The van der Waals surface area contributed by atoms with E-state index in [9.17, 15) is 0 Å². The average molecular weight is 249 g/mol. The molecule has 1 heterocycles. The third kappa shape index (κ3) is 2.34. The number of nitrogens with two attached hydrogens (primary N) is 1. The zero-order valence-corrected chi connectivity index (χ0v) is 10.8. The van der Waals surface area contributed by atoms with E-state index in [-0.39, 0.29) is 5.84 Å². The van der Waals surface area contributed by atoms with Crippen molar-refractivity contribution in [3.63, 3.8) is 0 Å². The topological polar surface area (TPSA) is 71.1 Å². The van der Waals surface area contributed by atoms with Crippen LogP contribution in [0.15, 0.2) is 23.4 Å². The molecular weight excluding hydrogens is 230 g/mol. The fourth-order valence-electron chi connectivity index (χ4n) is 2.32. The van der Waals surface area contributed by atoms with Gasteiger partial charge in [-0.1, -0.05) is 12.1 Å². The number of amidine groups is 1. The van der Waals surface area contributed by atoms with Gasteiger partial charge in [0.05, 0.1) is 12.8 Å². The van der Waals surface area contributed by atoms with Crippen molar-refractivity contribution in [1.82, 2.24) is 0 Å². The Bertz CT molecular complexity index is 460. The summed E-state index contributed by atoms with van der Waals surface area (Å²) in [5.41, 5.74) is 7.43. The van der Waals surface area contributed by atoms with Gasteiger partial charge >= 0.3 is 0 Å². The number of hydrogen-bond donors (Lipinski definition) is 2. The van der Waals surface area contributed by atoms with Crippen molar-refractivity contribution in [3.8, 4) is 5.75 Å². The minimum Gasteiger partial charge on any atom is -0.497 e. The molecule has 1 aliphatic heterocycles. The van der Waals surface area contributed by atoms with Gasteiger partial charge in [0, 0.05) is 24.7 Å². The lowest BCUT2D eigenvalue weighted by Gasteiger charge is -2.22. The van der Waals surface area contributed by atoms with Crippen molar-refractivity contribution in [2.45, 2.75) is 13.3 Å². The molecule has 0 amide bonds. The zero-order valence-electron chi connectivity index (χ0n) is 10.8. The van der Waals surface area contributed by atoms with Gasteiger partial charge in [-0.3, -0.25) is 0 Å². The van der Waals surface area contributed by atoms with Crippen molar-refractivity contribution in [1.29, 1.82) is 0 Å². The fraction of sp³-hybridized carbons (Fsp3) is 0.462. The van der Waals surface area contributed by atoms with E-state index in [1.54, 1.807) is 7.11 Å². The van der Waals surface area contributed by atoms with Crippen LogP contribution in [-0.2, 0) is 0 Å². The Labute approximate surface area is 107 Å². The van der Waals surface area contributed by atoms with Gasteiger partial charge in [-0.2, -0.15) is 0 Å². The standard InChI is InChI=1S/C13H19N3O2/c1-9-5-6-16(8-9)12-7-10(18-2)3-4-11(12)13(14)15-17/h3-4,7,9,17H,5-6,8H2,1-2H3,(H2,14,15). The molecule has 1 fully saturated rings. The quantitative estimate of drug-likeness (QED) is 0.370. The third-order valence-corrected chi connectivity index (χ3v) is 3.35. The van der Waals surface area contributed by atoms with E-state index in [0.29, 0.717) is 5.92 Å². The SMILES string of the molecule is COc1ccc(/C(N)=N/O)c(N2CCC(C)C2)c1. The molecule has 1 atom stereocenters. The second-order valence-electron chi connectivity index (χ2n) is 4.71. The monoisotopic (exact) mass is 249 g/mol. The zero-order chi connectivity index (χ0) is 13.1. The van der Waals surface area contributed by atoms with Crippen LogP contribution in [0, 0.1) is 5.92 Å². The molecule has 0 aliphatic carbocycles. The van der Waals surface area contributed by atoms with Gasteiger partial charge in [0.2, 0.25) is 0 Å². The Balaban J connectivity index is 2.41. The Hall–Kier alpha value is -1.91. The van der Waals surface area contributed by atoms with E-state index in [4.69, 9.17) is 15.7 Å². The van der Waals surface area contributed by atoms with E-state index < -0.39 is 0 Å². The lowest BCUT2D eigenvalue weighted by Crippen LogP contribution is -2.24. The van der Waals surface area contributed by atoms with Crippen LogP contribution < -0.4 is 15.4 Å². The summed E-state index contributed by atoms with van der Waals surface area (Å²) in [4.78, 5) is 2.25. The largest absolute Gasteiger partial charge is 0.497 e. The maximum Gasteiger partial charge on any atom is 0.172 e. The molecule has 5 nitrogen and oxygen atoms in total. The summed E-state index contributed by atoms with van der Waals surface area (Å²) in [6, 6.07) is 5.58. The Morgan fingerprint density at radius 2 is 2.33 bits per heavy atom. The maximum absolute atomic E-state index is 8.85. The molecule has 0 bridgehead atoms. The van der Waals surface area contributed by atoms with Crippen molar-refractivity contribution in [2.24, 2.45) is 16.8 Å². The summed E-state index contributed by atoms with van der Waals surface area (Å²) in [5.74, 6) is 1.57. The predicted molar refractivity (Wildman–Crippen MR) is 71.5 cm³/mol. The summed E-state index contributed by atoms with van der Waals surface area (Å²) in [7, 11) is 1.63. The molecule has 1 unspecified atom stereocenters. The van der Waals surface area contributed by atoms with Crippen molar-refractivity contribution < 1.29 is 9.94 Å². The molecule has 1 saturated heterocycles. The van der Waals surface area contributed by atoms with Crippen LogP contribution in [0.5, 0.6) is 5.75 Å². The van der Waals surface area contributed by atoms with Crippen LogP contribution >= 0.6 is 0 Å². The second kappa shape index (κ2) is 5.16. The summed E-state index contributed by atoms with van der Waals surface area (Å²) < 4.78 is 5.24. The van der Waals surface area contributed by atoms with Gasteiger partial charge in [-0.25, -0.2) is 0 Å². The number of ether oxygens (including phenoxy) is 1. The van der Waals surface area contributed by atoms with Crippen molar-refractivity contribution >= 4 is 11.5 Å². The highest BCUT2D eigenvalue weighted by Gasteiger charge is 2.22. The van der Waals surface area contributed by atoms with Crippen LogP contribution in [-0.4, -0.2) is 31.2 Å². The van der Waals surface area contributed by atoms with E-state index in [0.717, 1.165) is 36.5 Å². The molecule has 2 rings (SSSR count). The van der Waals surface area contributed by atoms with Gasteiger partial charge in [0.25, 0.3) is 0 Å².